The highest BCUT2D eigenvalue weighted by Gasteiger charge is 2.43. The van der Waals surface area contributed by atoms with E-state index in [0.717, 1.165) is 24.9 Å². The van der Waals surface area contributed by atoms with Crippen molar-refractivity contribution in [3.8, 4) is 0 Å². The molecule has 0 aromatic heterocycles. The maximum atomic E-state index is 10.6. The number of rotatable bonds is 10. The summed E-state index contributed by atoms with van der Waals surface area (Å²) in [5.41, 5.74) is 4.97. The summed E-state index contributed by atoms with van der Waals surface area (Å²) in [7, 11) is 0. The van der Waals surface area contributed by atoms with Gasteiger partial charge in [-0.3, -0.25) is 4.79 Å². The van der Waals surface area contributed by atoms with Gasteiger partial charge in [0.15, 0.2) is 18.5 Å². The van der Waals surface area contributed by atoms with Gasteiger partial charge in [-0.25, -0.2) is 0 Å². The number of ether oxygens (including phenoxy) is 2. The van der Waals surface area contributed by atoms with Gasteiger partial charge in [0.25, 0.3) is 0 Å². The molecule has 0 radical (unpaired) electrons. The molecule has 1 aromatic carbocycles. The number of carbonyl (C=O) groups is 1. The molecule has 5 nitrogen and oxygen atoms in total. The summed E-state index contributed by atoms with van der Waals surface area (Å²) in [6, 6.07) is 6.45. The second-order valence-electron chi connectivity index (χ2n) is 6.84. The van der Waals surface area contributed by atoms with E-state index in [1.54, 1.807) is 0 Å². The average molecular weight is 347 g/mol. The molecule has 25 heavy (non-hydrogen) atoms. The second kappa shape index (κ2) is 8.59. The third-order valence-corrected chi connectivity index (χ3v) is 5.02. The van der Waals surface area contributed by atoms with Crippen molar-refractivity contribution in [3.05, 3.63) is 29.3 Å². The van der Waals surface area contributed by atoms with Crippen LogP contribution in [0.3, 0.4) is 0 Å². The Hall–Kier alpha value is -1.72. The number of hydrogen-bond donors (Lipinski definition) is 1. The third-order valence-electron chi connectivity index (χ3n) is 5.02. The largest absolute Gasteiger partial charge is 0.355 e. The summed E-state index contributed by atoms with van der Waals surface area (Å²) in [4.78, 5) is 10.6. The molecule has 1 N–H and O–H groups in total. The molecule has 0 saturated carbocycles. The van der Waals surface area contributed by atoms with Crippen LogP contribution >= 0.6 is 0 Å². The summed E-state index contributed by atoms with van der Waals surface area (Å²) in [6.07, 6.45) is 1.40. The topological polar surface area (TPSA) is 50.6 Å². The molecule has 0 bridgehead atoms. The normalized spacial score (nSPS) is 15.6. The zero-order chi connectivity index (χ0) is 18.4. The first-order valence-electron chi connectivity index (χ1n) is 9.10. The van der Waals surface area contributed by atoms with Crippen LogP contribution in [0.2, 0.25) is 0 Å². The van der Waals surface area contributed by atoms with Gasteiger partial charge in [0.2, 0.25) is 12.1 Å². The van der Waals surface area contributed by atoms with Gasteiger partial charge < -0.3 is 14.8 Å². The summed E-state index contributed by atoms with van der Waals surface area (Å²) in [6.45, 7) is 13.4. The Morgan fingerprint density at radius 1 is 1.24 bits per heavy atom. The van der Waals surface area contributed by atoms with Crippen LogP contribution < -0.4 is 5.32 Å². The van der Waals surface area contributed by atoms with Gasteiger partial charge in [-0.15, -0.1) is 0 Å². The SMILES string of the molecule is CCOC(CC[N+]1=C(C)C(C)(C)c2cc(CNC=O)ccc21)OCC. The van der Waals surface area contributed by atoms with Gasteiger partial charge in [-0.1, -0.05) is 6.07 Å². The predicted molar refractivity (Wildman–Crippen MR) is 99.5 cm³/mol. The van der Waals surface area contributed by atoms with Crippen LogP contribution in [-0.4, -0.2) is 42.7 Å². The Balaban J connectivity index is 2.22. The molecule has 1 amide bonds. The fourth-order valence-electron chi connectivity index (χ4n) is 3.41. The van der Waals surface area contributed by atoms with E-state index in [4.69, 9.17) is 9.47 Å². The lowest BCUT2D eigenvalue weighted by Gasteiger charge is -2.16. The fourth-order valence-corrected chi connectivity index (χ4v) is 3.41. The minimum absolute atomic E-state index is 0.0285. The van der Waals surface area contributed by atoms with Crippen molar-refractivity contribution in [2.75, 3.05) is 19.8 Å². The van der Waals surface area contributed by atoms with Gasteiger partial charge in [-0.05, 0) is 39.3 Å². The van der Waals surface area contributed by atoms with Gasteiger partial charge >= 0.3 is 0 Å². The quantitative estimate of drug-likeness (QED) is 0.402. The molecule has 0 saturated heterocycles. The first kappa shape index (κ1) is 19.6. The number of hydrogen-bond acceptors (Lipinski definition) is 3. The fraction of sp³-hybridized carbons (Fsp3) is 0.600. The van der Waals surface area contributed by atoms with Crippen molar-refractivity contribution in [3.63, 3.8) is 0 Å². The Labute approximate surface area is 151 Å². The zero-order valence-corrected chi connectivity index (χ0v) is 16.1. The molecular formula is C20H31N2O3+. The minimum Gasteiger partial charge on any atom is -0.355 e. The van der Waals surface area contributed by atoms with E-state index in [9.17, 15) is 4.79 Å². The number of carbonyl (C=O) groups excluding carboxylic acids is 1. The van der Waals surface area contributed by atoms with E-state index in [1.165, 1.54) is 17.0 Å². The summed E-state index contributed by atoms with van der Waals surface area (Å²) >= 11 is 0. The first-order valence-corrected chi connectivity index (χ1v) is 9.10. The van der Waals surface area contributed by atoms with Crippen molar-refractivity contribution in [2.24, 2.45) is 0 Å². The lowest BCUT2D eigenvalue weighted by molar-refractivity contribution is -0.444. The lowest BCUT2D eigenvalue weighted by Crippen LogP contribution is -2.28. The highest BCUT2D eigenvalue weighted by atomic mass is 16.7. The highest BCUT2D eigenvalue weighted by molar-refractivity contribution is 5.93. The number of amides is 1. The van der Waals surface area contributed by atoms with Gasteiger partial charge in [0, 0.05) is 38.3 Å². The van der Waals surface area contributed by atoms with Crippen LogP contribution in [0.4, 0.5) is 5.69 Å². The van der Waals surface area contributed by atoms with Crippen LogP contribution in [-0.2, 0) is 26.2 Å². The van der Waals surface area contributed by atoms with Crippen molar-refractivity contribution in [2.45, 2.75) is 59.3 Å². The summed E-state index contributed by atoms with van der Waals surface area (Å²) in [5, 5.41) is 2.74. The summed E-state index contributed by atoms with van der Waals surface area (Å²) in [5.74, 6) is 0. The molecule has 1 heterocycles. The van der Waals surface area contributed by atoms with E-state index in [2.05, 4.69) is 48.9 Å². The molecular weight excluding hydrogens is 316 g/mol. The third kappa shape index (κ3) is 4.28. The Bertz CT molecular complexity index is 632. The number of nitrogens with zero attached hydrogens (tertiary/aromatic N) is 1. The molecule has 0 atom stereocenters. The van der Waals surface area contributed by atoms with Crippen molar-refractivity contribution >= 4 is 17.8 Å². The predicted octanol–water partition coefficient (Wildman–Crippen LogP) is 3.12. The highest BCUT2D eigenvalue weighted by Crippen LogP contribution is 2.40. The van der Waals surface area contributed by atoms with Gasteiger partial charge in [0.1, 0.15) is 0 Å². The van der Waals surface area contributed by atoms with Crippen molar-refractivity contribution in [1.82, 2.24) is 5.32 Å². The summed E-state index contributed by atoms with van der Waals surface area (Å²) < 4.78 is 13.7. The smallest absolute Gasteiger partial charge is 0.209 e. The van der Waals surface area contributed by atoms with Crippen molar-refractivity contribution in [1.29, 1.82) is 0 Å². The molecule has 0 spiro atoms. The Morgan fingerprint density at radius 3 is 2.52 bits per heavy atom. The van der Waals surface area contributed by atoms with E-state index in [0.29, 0.717) is 19.8 Å². The van der Waals surface area contributed by atoms with Crippen molar-refractivity contribution < 1.29 is 18.8 Å². The molecule has 138 valence electrons. The van der Waals surface area contributed by atoms with Gasteiger partial charge in [-0.2, -0.15) is 4.58 Å². The van der Waals surface area contributed by atoms with Crippen LogP contribution in [0.5, 0.6) is 0 Å². The van der Waals surface area contributed by atoms with Crippen LogP contribution in [0.1, 0.15) is 52.2 Å². The van der Waals surface area contributed by atoms with Crippen LogP contribution in [0.25, 0.3) is 0 Å². The second-order valence-corrected chi connectivity index (χ2v) is 6.84. The minimum atomic E-state index is -0.161. The first-order chi connectivity index (χ1) is 12.0. The molecule has 0 fully saturated rings. The number of benzene rings is 1. The van der Waals surface area contributed by atoms with E-state index in [-0.39, 0.29) is 11.7 Å². The molecule has 1 aliphatic heterocycles. The van der Waals surface area contributed by atoms with E-state index in [1.807, 2.05) is 13.8 Å². The molecule has 0 unspecified atom stereocenters. The maximum Gasteiger partial charge on any atom is 0.209 e. The molecule has 0 aliphatic carbocycles. The zero-order valence-electron chi connectivity index (χ0n) is 16.1. The average Bonchev–Trinajstić information content (AvgIpc) is 2.78. The van der Waals surface area contributed by atoms with E-state index < -0.39 is 0 Å². The van der Waals surface area contributed by atoms with Gasteiger partial charge in [0.05, 0.1) is 11.8 Å². The number of nitrogens with one attached hydrogen (secondary N) is 1. The monoisotopic (exact) mass is 347 g/mol. The standard InChI is InChI=1S/C20H30N2O3/c1-6-24-19(25-7-2)10-11-22-15(3)20(4,5)17-12-16(13-21-14-23)8-9-18(17)22/h8-9,12,14,19H,6-7,10-11,13H2,1-5H3/p+1. The number of fused-ring (bicyclic) bond motifs is 1. The molecule has 2 rings (SSSR count). The Morgan fingerprint density at radius 2 is 1.92 bits per heavy atom. The van der Waals surface area contributed by atoms with E-state index >= 15 is 0 Å². The molecule has 5 heteroatoms. The molecule has 1 aliphatic rings. The van der Waals surface area contributed by atoms with Crippen LogP contribution in [0, 0.1) is 0 Å². The maximum absolute atomic E-state index is 10.6. The lowest BCUT2D eigenvalue weighted by atomic mass is 9.81. The Kier molecular flexibility index (Phi) is 6.73. The molecule has 1 aromatic rings. The van der Waals surface area contributed by atoms with Crippen LogP contribution in [0.15, 0.2) is 18.2 Å².